The number of primary amides is 1. The third-order valence-electron chi connectivity index (χ3n) is 5.38. The number of nitrogens with zero attached hydrogens (tertiary/aromatic N) is 1. The van der Waals surface area contributed by atoms with Crippen LogP contribution in [0, 0.1) is 0 Å². The van der Waals surface area contributed by atoms with Crippen molar-refractivity contribution >= 4 is 34.4 Å². The largest absolute Gasteiger partial charge is 0.481 e. The first-order valence-electron chi connectivity index (χ1n) is 9.48. The number of carbonyl (C=O) groups excluding carboxylic acids is 1. The van der Waals surface area contributed by atoms with Crippen LogP contribution in [0.3, 0.4) is 0 Å². The van der Waals surface area contributed by atoms with Gasteiger partial charge < -0.3 is 20.1 Å². The van der Waals surface area contributed by atoms with E-state index in [9.17, 15) is 9.59 Å². The molecular weight excluding hydrogens is 392 g/mol. The Balaban J connectivity index is 1.92. The lowest BCUT2D eigenvalue weighted by molar-refractivity contribution is -0.139. The van der Waals surface area contributed by atoms with Gasteiger partial charge >= 0.3 is 5.97 Å². The van der Waals surface area contributed by atoms with E-state index in [4.69, 9.17) is 27.2 Å². The van der Waals surface area contributed by atoms with Gasteiger partial charge in [0.15, 0.2) is 6.61 Å². The molecule has 1 amide bonds. The number of nitrogens with two attached hydrogens (primary N) is 1. The second-order valence-electron chi connectivity index (χ2n) is 7.26. The summed E-state index contributed by atoms with van der Waals surface area (Å²) in [6.07, 6.45) is 2.34. The molecule has 0 saturated carbocycles. The smallest absolute Gasteiger partial charge is 0.341 e. The SMILES string of the molecule is NC(=O)C1CCCc2c1c1c(OCC(=O)O)cccc1n2Cc1cccc(Cl)c1. The van der Waals surface area contributed by atoms with Gasteiger partial charge in [0.1, 0.15) is 5.75 Å². The molecule has 7 heteroatoms. The van der Waals surface area contributed by atoms with Gasteiger partial charge in [0.2, 0.25) is 5.91 Å². The van der Waals surface area contributed by atoms with Crippen LogP contribution in [-0.4, -0.2) is 28.2 Å². The molecule has 1 heterocycles. The number of hydrogen-bond acceptors (Lipinski definition) is 3. The van der Waals surface area contributed by atoms with Crippen molar-refractivity contribution in [1.29, 1.82) is 0 Å². The lowest BCUT2D eigenvalue weighted by Gasteiger charge is -2.22. The van der Waals surface area contributed by atoms with Gasteiger partial charge in [-0.2, -0.15) is 0 Å². The zero-order chi connectivity index (χ0) is 20.5. The third kappa shape index (κ3) is 3.68. The van der Waals surface area contributed by atoms with Gasteiger partial charge in [0.25, 0.3) is 0 Å². The van der Waals surface area contributed by atoms with Crippen molar-refractivity contribution in [2.45, 2.75) is 31.7 Å². The summed E-state index contributed by atoms with van der Waals surface area (Å²) in [5.41, 5.74) is 9.56. The summed E-state index contributed by atoms with van der Waals surface area (Å²) in [7, 11) is 0. The molecule has 0 bridgehead atoms. The number of rotatable bonds is 6. The highest BCUT2D eigenvalue weighted by molar-refractivity contribution is 6.30. The van der Waals surface area contributed by atoms with Crippen molar-refractivity contribution in [3.05, 3.63) is 64.3 Å². The Morgan fingerprint density at radius 1 is 1.24 bits per heavy atom. The maximum absolute atomic E-state index is 12.2. The van der Waals surface area contributed by atoms with E-state index in [1.54, 1.807) is 6.07 Å². The molecule has 4 rings (SSSR count). The van der Waals surface area contributed by atoms with Crippen LogP contribution in [0.1, 0.15) is 35.6 Å². The van der Waals surface area contributed by atoms with E-state index in [1.807, 2.05) is 36.4 Å². The molecule has 0 spiro atoms. The molecule has 3 aromatic rings. The fourth-order valence-electron chi connectivity index (χ4n) is 4.26. The summed E-state index contributed by atoms with van der Waals surface area (Å²) in [6.45, 7) is 0.134. The summed E-state index contributed by atoms with van der Waals surface area (Å²) in [5, 5.41) is 10.5. The number of carbonyl (C=O) groups is 2. The molecule has 0 saturated heterocycles. The van der Waals surface area contributed by atoms with Gasteiger partial charge in [-0.05, 0) is 54.7 Å². The van der Waals surface area contributed by atoms with Crippen molar-refractivity contribution in [3.63, 3.8) is 0 Å². The zero-order valence-corrected chi connectivity index (χ0v) is 16.5. The number of carboxylic acid groups (broad SMARTS) is 1. The fraction of sp³-hybridized carbons (Fsp3) is 0.273. The van der Waals surface area contributed by atoms with Crippen LogP contribution in [0.15, 0.2) is 42.5 Å². The van der Waals surface area contributed by atoms with E-state index in [1.165, 1.54) is 0 Å². The number of ether oxygens (including phenoxy) is 1. The third-order valence-corrected chi connectivity index (χ3v) is 5.62. The topological polar surface area (TPSA) is 94.6 Å². The quantitative estimate of drug-likeness (QED) is 0.645. The van der Waals surface area contributed by atoms with E-state index in [0.29, 0.717) is 23.7 Å². The predicted octanol–water partition coefficient (Wildman–Crippen LogP) is 3.71. The van der Waals surface area contributed by atoms with E-state index in [0.717, 1.165) is 40.6 Å². The molecule has 6 nitrogen and oxygen atoms in total. The first-order valence-corrected chi connectivity index (χ1v) is 9.86. The van der Waals surface area contributed by atoms with Crippen LogP contribution >= 0.6 is 11.6 Å². The molecular formula is C22H21ClN2O4. The molecule has 0 aliphatic heterocycles. The van der Waals surface area contributed by atoms with E-state index in [-0.39, 0.29) is 5.91 Å². The minimum Gasteiger partial charge on any atom is -0.481 e. The minimum absolute atomic E-state index is 0.374. The zero-order valence-electron chi connectivity index (χ0n) is 15.7. The first-order chi connectivity index (χ1) is 14.0. The Kier molecular flexibility index (Phi) is 5.20. The molecule has 1 aliphatic rings. The molecule has 1 atom stereocenters. The summed E-state index contributed by atoms with van der Waals surface area (Å²) < 4.78 is 7.74. The number of hydrogen-bond donors (Lipinski definition) is 2. The average molecular weight is 413 g/mol. The summed E-state index contributed by atoms with van der Waals surface area (Å²) in [4.78, 5) is 23.2. The molecule has 29 heavy (non-hydrogen) atoms. The highest BCUT2D eigenvalue weighted by atomic mass is 35.5. The molecule has 1 aromatic heterocycles. The molecule has 0 radical (unpaired) electrons. The molecule has 0 fully saturated rings. The Labute approximate surface area is 172 Å². The van der Waals surface area contributed by atoms with Crippen molar-refractivity contribution < 1.29 is 19.4 Å². The van der Waals surface area contributed by atoms with Crippen molar-refractivity contribution in [1.82, 2.24) is 4.57 Å². The predicted molar refractivity (Wildman–Crippen MR) is 110 cm³/mol. The van der Waals surface area contributed by atoms with Crippen LogP contribution in [-0.2, 0) is 22.6 Å². The Morgan fingerprint density at radius 3 is 2.76 bits per heavy atom. The average Bonchev–Trinajstić information content (AvgIpc) is 3.01. The highest BCUT2D eigenvalue weighted by Gasteiger charge is 2.32. The molecule has 3 N–H and O–H groups in total. The van der Waals surface area contributed by atoms with E-state index in [2.05, 4.69) is 4.57 Å². The number of carboxylic acids is 1. The normalized spacial score (nSPS) is 15.8. The number of halogens is 1. The first kappa shape index (κ1) is 19.3. The fourth-order valence-corrected chi connectivity index (χ4v) is 4.47. The number of fused-ring (bicyclic) bond motifs is 3. The van der Waals surface area contributed by atoms with Gasteiger partial charge in [0.05, 0.1) is 11.4 Å². The standard InChI is InChI=1S/C22H21ClN2O4/c23-14-5-1-4-13(10-14)11-25-16-7-2-6-15(22(24)28)20(16)21-17(25)8-3-9-18(21)29-12-19(26)27/h1,3-5,8-10,15H,2,6-7,11-12H2,(H2,24,28)(H,26,27). The van der Waals surface area contributed by atoms with Gasteiger partial charge in [-0.3, -0.25) is 4.79 Å². The highest BCUT2D eigenvalue weighted by Crippen LogP contribution is 2.43. The number of aromatic nitrogens is 1. The van der Waals surface area contributed by atoms with Crippen LogP contribution in [0.2, 0.25) is 5.02 Å². The van der Waals surface area contributed by atoms with Crippen molar-refractivity contribution in [2.24, 2.45) is 5.73 Å². The number of aliphatic carboxylic acids is 1. The minimum atomic E-state index is -1.05. The van der Waals surface area contributed by atoms with Crippen LogP contribution in [0.5, 0.6) is 5.75 Å². The molecule has 150 valence electrons. The summed E-state index contributed by atoms with van der Waals surface area (Å²) in [5.74, 6) is -1.39. The van der Waals surface area contributed by atoms with E-state index >= 15 is 0 Å². The van der Waals surface area contributed by atoms with Crippen molar-refractivity contribution in [2.75, 3.05) is 6.61 Å². The van der Waals surface area contributed by atoms with E-state index < -0.39 is 18.5 Å². The second-order valence-corrected chi connectivity index (χ2v) is 7.69. The molecule has 2 aromatic carbocycles. The van der Waals surface area contributed by atoms with Gasteiger partial charge in [0, 0.05) is 22.6 Å². The van der Waals surface area contributed by atoms with Gasteiger partial charge in [-0.15, -0.1) is 0 Å². The Bertz CT molecular complexity index is 1110. The maximum atomic E-state index is 12.2. The lowest BCUT2D eigenvalue weighted by atomic mass is 9.84. The van der Waals surface area contributed by atoms with Crippen LogP contribution in [0.25, 0.3) is 10.9 Å². The lowest BCUT2D eigenvalue weighted by Crippen LogP contribution is -2.25. The monoisotopic (exact) mass is 412 g/mol. The second kappa shape index (κ2) is 7.79. The summed E-state index contributed by atoms with van der Waals surface area (Å²) in [6, 6.07) is 13.2. The Morgan fingerprint density at radius 2 is 2.03 bits per heavy atom. The number of amides is 1. The van der Waals surface area contributed by atoms with Crippen molar-refractivity contribution in [3.8, 4) is 5.75 Å². The van der Waals surface area contributed by atoms with Gasteiger partial charge in [-0.1, -0.05) is 29.8 Å². The summed E-state index contributed by atoms with van der Waals surface area (Å²) >= 11 is 6.16. The Hall–Kier alpha value is -2.99. The van der Waals surface area contributed by atoms with Crippen LogP contribution < -0.4 is 10.5 Å². The van der Waals surface area contributed by atoms with Gasteiger partial charge in [-0.25, -0.2) is 4.79 Å². The molecule has 1 aliphatic carbocycles. The van der Waals surface area contributed by atoms with Crippen LogP contribution in [0.4, 0.5) is 0 Å². The molecule has 1 unspecified atom stereocenters. The maximum Gasteiger partial charge on any atom is 0.341 e. The number of benzene rings is 2.